The van der Waals surface area contributed by atoms with Gasteiger partial charge in [0.05, 0.1) is 13.2 Å². The first-order valence-corrected chi connectivity index (χ1v) is 8.50. The lowest BCUT2D eigenvalue weighted by Crippen LogP contribution is -1.99. The van der Waals surface area contributed by atoms with E-state index in [-0.39, 0.29) is 0 Å². The predicted octanol–water partition coefficient (Wildman–Crippen LogP) is 4.35. The molecule has 0 aliphatic heterocycles. The van der Waals surface area contributed by atoms with Gasteiger partial charge >= 0.3 is 7.60 Å². The van der Waals surface area contributed by atoms with E-state index in [4.69, 9.17) is 9.05 Å². The van der Waals surface area contributed by atoms with Gasteiger partial charge in [-0.25, -0.2) is 0 Å². The number of alkyl halides is 1. The minimum Gasteiger partial charge on any atom is -0.309 e. The highest BCUT2D eigenvalue weighted by Gasteiger charge is 2.20. The van der Waals surface area contributed by atoms with E-state index in [0.717, 1.165) is 10.9 Å². The van der Waals surface area contributed by atoms with E-state index in [2.05, 4.69) is 15.9 Å². The van der Waals surface area contributed by atoms with Crippen LogP contribution in [0.1, 0.15) is 25.0 Å². The molecule has 1 unspecified atom stereocenters. The largest absolute Gasteiger partial charge is 0.330 e. The summed E-state index contributed by atoms with van der Waals surface area (Å²) >= 11 is 3.40. The van der Waals surface area contributed by atoms with Gasteiger partial charge in [0.25, 0.3) is 0 Å². The zero-order valence-electron chi connectivity index (χ0n) is 10.2. The van der Waals surface area contributed by atoms with Crippen molar-refractivity contribution in [2.24, 2.45) is 0 Å². The Hall–Kier alpha value is -0.150. The maximum atomic E-state index is 12.1. The molecular formula is C12H18BrO3P. The van der Waals surface area contributed by atoms with Crippen LogP contribution in [0.15, 0.2) is 24.3 Å². The fraction of sp³-hybridized carbons (Fsp3) is 0.500. The average Bonchev–Trinajstić information content (AvgIpc) is 2.37. The van der Waals surface area contributed by atoms with E-state index in [1.807, 2.05) is 38.1 Å². The summed E-state index contributed by atoms with van der Waals surface area (Å²) < 4.78 is 22.7. The molecule has 0 aliphatic rings. The summed E-state index contributed by atoms with van der Waals surface area (Å²) in [7, 11) is -2.90. The van der Waals surface area contributed by atoms with Gasteiger partial charge in [0.15, 0.2) is 0 Å². The zero-order valence-corrected chi connectivity index (χ0v) is 12.7. The van der Waals surface area contributed by atoms with Gasteiger partial charge in [-0.2, -0.15) is 0 Å². The van der Waals surface area contributed by atoms with Crippen LogP contribution in [0, 0.1) is 0 Å². The monoisotopic (exact) mass is 320 g/mol. The minimum absolute atomic E-state index is 0.325. The van der Waals surface area contributed by atoms with E-state index in [1.165, 1.54) is 5.56 Å². The second-order valence-corrected chi connectivity index (χ2v) is 6.50. The van der Waals surface area contributed by atoms with Crippen LogP contribution < -0.4 is 0 Å². The lowest BCUT2D eigenvalue weighted by Gasteiger charge is -2.16. The van der Waals surface area contributed by atoms with E-state index in [0.29, 0.717) is 19.4 Å². The molecule has 0 N–H and O–H groups in total. The van der Waals surface area contributed by atoms with Gasteiger partial charge in [-0.15, -0.1) is 0 Å². The Morgan fingerprint density at radius 2 is 1.94 bits per heavy atom. The highest BCUT2D eigenvalue weighted by Crippen LogP contribution is 2.48. The maximum absolute atomic E-state index is 12.1. The van der Waals surface area contributed by atoms with Crippen molar-refractivity contribution < 1.29 is 13.6 Å². The molecule has 3 nitrogen and oxygen atoms in total. The van der Waals surface area contributed by atoms with E-state index >= 15 is 0 Å². The molecule has 0 aliphatic carbocycles. The van der Waals surface area contributed by atoms with Gasteiger partial charge in [0.2, 0.25) is 0 Å². The molecular weight excluding hydrogens is 303 g/mol. The fourth-order valence-electron chi connectivity index (χ4n) is 1.39. The van der Waals surface area contributed by atoms with Crippen LogP contribution in [-0.4, -0.2) is 12.8 Å². The summed E-state index contributed by atoms with van der Waals surface area (Å²) in [6.07, 6.45) is 0.402. The summed E-state index contributed by atoms with van der Waals surface area (Å²) in [6, 6.07) is 7.98. The molecule has 0 saturated heterocycles. The second kappa shape index (κ2) is 7.32. The Labute approximate surface area is 111 Å². The minimum atomic E-state index is -2.90. The normalized spacial score (nSPS) is 14.5. The number of hydrogen-bond acceptors (Lipinski definition) is 3. The lowest BCUT2D eigenvalue weighted by atomic mass is 10.1. The van der Waals surface area contributed by atoms with Gasteiger partial charge in [0, 0.05) is 11.5 Å². The molecule has 1 rings (SSSR count). The second-order valence-electron chi connectivity index (χ2n) is 3.57. The highest BCUT2D eigenvalue weighted by molar-refractivity contribution is 9.08. The molecule has 0 aromatic heterocycles. The molecule has 1 atom stereocenters. The zero-order chi connectivity index (χ0) is 12.7. The number of benzene rings is 1. The third-order valence-corrected chi connectivity index (χ3v) is 4.88. The van der Waals surface area contributed by atoms with Gasteiger partial charge in [-0.1, -0.05) is 47.1 Å². The van der Waals surface area contributed by atoms with E-state index < -0.39 is 7.60 Å². The molecule has 0 heterocycles. The topological polar surface area (TPSA) is 35.5 Å². The van der Waals surface area contributed by atoms with E-state index in [1.54, 1.807) is 0 Å². The standard InChI is InChI=1S/C12H18BrO3P/c1-3-15-17(14,4-2)16-10-12-7-5-6-11(8-12)9-13/h5-8H,3-4,9-10H2,1-2H3. The van der Waals surface area contributed by atoms with Gasteiger partial charge < -0.3 is 9.05 Å². The molecule has 0 saturated carbocycles. The summed E-state index contributed by atoms with van der Waals surface area (Å²) in [4.78, 5) is 0. The van der Waals surface area contributed by atoms with Crippen LogP contribution in [0.2, 0.25) is 0 Å². The smallest absolute Gasteiger partial charge is 0.309 e. The summed E-state index contributed by atoms with van der Waals surface area (Å²) in [6.45, 7) is 4.36. The molecule has 0 spiro atoms. The molecule has 0 bridgehead atoms. The van der Waals surface area contributed by atoms with Crippen molar-refractivity contribution in [2.75, 3.05) is 12.8 Å². The van der Waals surface area contributed by atoms with Crippen LogP contribution in [-0.2, 0) is 25.5 Å². The summed E-state index contributed by atoms with van der Waals surface area (Å²) in [5, 5.41) is 0.803. The van der Waals surface area contributed by atoms with Crippen molar-refractivity contribution >= 4 is 23.5 Å². The molecule has 1 aromatic rings. The highest BCUT2D eigenvalue weighted by atomic mass is 79.9. The predicted molar refractivity (Wildman–Crippen MR) is 73.6 cm³/mol. The summed E-state index contributed by atoms with van der Waals surface area (Å²) in [5.74, 6) is 0. The number of halogens is 1. The third-order valence-electron chi connectivity index (χ3n) is 2.29. The Morgan fingerprint density at radius 3 is 2.53 bits per heavy atom. The lowest BCUT2D eigenvalue weighted by molar-refractivity contribution is 0.205. The summed E-state index contributed by atoms with van der Waals surface area (Å²) in [5.41, 5.74) is 2.18. The third kappa shape index (κ3) is 4.92. The molecule has 1 aromatic carbocycles. The van der Waals surface area contributed by atoms with Gasteiger partial charge in [0.1, 0.15) is 0 Å². The molecule has 96 valence electrons. The van der Waals surface area contributed by atoms with Crippen LogP contribution in [0.4, 0.5) is 0 Å². The maximum Gasteiger partial charge on any atom is 0.330 e. The van der Waals surface area contributed by atoms with Crippen LogP contribution in [0.25, 0.3) is 0 Å². The fourth-order valence-corrected chi connectivity index (χ4v) is 2.92. The molecule has 5 heteroatoms. The van der Waals surface area contributed by atoms with E-state index in [9.17, 15) is 4.57 Å². The van der Waals surface area contributed by atoms with Crippen LogP contribution in [0.3, 0.4) is 0 Å². The van der Waals surface area contributed by atoms with Crippen molar-refractivity contribution in [3.05, 3.63) is 35.4 Å². The molecule has 0 radical (unpaired) electrons. The Morgan fingerprint density at radius 1 is 1.24 bits per heavy atom. The van der Waals surface area contributed by atoms with Crippen molar-refractivity contribution in [3.63, 3.8) is 0 Å². The van der Waals surface area contributed by atoms with Gasteiger partial charge in [-0.05, 0) is 18.1 Å². The average molecular weight is 321 g/mol. The Balaban J connectivity index is 2.62. The van der Waals surface area contributed by atoms with Crippen molar-refractivity contribution in [1.82, 2.24) is 0 Å². The first-order valence-electron chi connectivity index (χ1n) is 5.65. The van der Waals surface area contributed by atoms with Crippen molar-refractivity contribution in [3.8, 4) is 0 Å². The molecule has 0 amide bonds. The molecule has 17 heavy (non-hydrogen) atoms. The first-order chi connectivity index (χ1) is 8.13. The van der Waals surface area contributed by atoms with Crippen molar-refractivity contribution in [1.29, 1.82) is 0 Å². The van der Waals surface area contributed by atoms with Crippen LogP contribution >= 0.6 is 23.5 Å². The van der Waals surface area contributed by atoms with Crippen LogP contribution in [0.5, 0.6) is 0 Å². The first kappa shape index (κ1) is 14.9. The molecule has 0 fully saturated rings. The van der Waals surface area contributed by atoms with Gasteiger partial charge in [-0.3, -0.25) is 4.57 Å². The Bertz CT molecular complexity index is 395. The number of rotatable bonds is 7. The number of hydrogen-bond donors (Lipinski definition) is 0. The SMILES string of the molecule is CCOP(=O)(CC)OCc1cccc(CBr)c1. The quantitative estimate of drug-likeness (QED) is 0.553. The van der Waals surface area contributed by atoms with Crippen molar-refractivity contribution in [2.45, 2.75) is 25.8 Å². The Kier molecular flexibility index (Phi) is 6.42.